The molecule has 2 N–H and O–H groups in total. The normalized spacial score (nSPS) is 21.6. The molecule has 0 bridgehead atoms. The summed E-state index contributed by atoms with van der Waals surface area (Å²) in [5, 5.41) is 1.19. The van der Waals surface area contributed by atoms with Gasteiger partial charge in [0.05, 0.1) is 6.54 Å². The molecule has 4 heteroatoms. The van der Waals surface area contributed by atoms with Gasteiger partial charge in [0.25, 0.3) is 0 Å². The molecule has 0 amide bonds. The number of hydrogen-bond acceptors (Lipinski definition) is 3. The predicted octanol–water partition coefficient (Wildman–Crippen LogP) is 3.41. The van der Waals surface area contributed by atoms with E-state index < -0.39 is 0 Å². The minimum Gasteiger partial charge on any atom is -0.460 e. The van der Waals surface area contributed by atoms with Gasteiger partial charge in [-0.1, -0.05) is 18.2 Å². The topological polar surface area (TPSA) is 42.4 Å². The predicted molar refractivity (Wildman–Crippen MR) is 85.1 cm³/mol. The Hall–Kier alpha value is -1.03. The molecule has 20 heavy (non-hydrogen) atoms. The van der Waals surface area contributed by atoms with E-state index in [0.29, 0.717) is 12.0 Å². The van der Waals surface area contributed by atoms with Crippen LogP contribution in [0.25, 0.3) is 11.0 Å². The van der Waals surface area contributed by atoms with Gasteiger partial charge in [-0.05, 0) is 44.4 Å². The molecule has 1 aliphatic heterocycles. The van der Waals surface area contributed by atoms with Gasteiger partial charge in [0.2, 0.25) is 0 Å². The smallest absolute Gasteiger partial charge is 0.134 e. The first kappa shape index (κ1) is 15.4. The number of rotatable bonds is 3. The summed E-state index contributed by atoms with van der Waals surface area (Å²) in [6.07, 6.45) is 2.50. The van der Waals surface area contributed by atoms with Crippen LogP contribution in [-0.2, 0) is 6.54 Å². The molecular weight excluding hydrogens is 272 g/mol. The summed E-state index contributed by atoms with van der Waals surface area (Å²) in [5.41, 5.74) is 7.02. The Bertz CT molecular complexity index is 519. The molecule has 2 heterocycles. The molecule has 2 atom stereocenters. The van der Waals surface area contributed by atoms with Crippen LogP contribution in [0, 0.1) is 5.92 Å². The van der Waals surface area contributed by atoms with Crippen LogP contribution in [0.3, 0.4) is 0 Å². The fourth-order valence-corrected chi connectivity index (χ4v) is 3.00. The van der Waals surface area contributed by atoms with E-state index in [4.69, 9.17) is 10.2 Å². The number of benzene rings is 1. The van der Waals surface area contributed by atoms with Gasteiger partial charge in [0, 0.05) is 18.0 Å². The fraction of sp³-hybridized carbons (Fsp3) is 0.500. The van der Waals surface area contributed by atoms with Crippen molar-refractivity contribution >= 4 is 23.4 Å². The van der Waals surface area contributed by atoms with Gasteiger partial charge >= 0.3 is 0 Å². The molecule has 0 spiro atoms. The minimum absolute atomic E-state index is 0. The number of hydrogen-bond donors (Lipinski definition) is 1. The molecule has 0 aliphatic carbocycles. The summed E-state index contributed by atoms with van der Waals surface area (Å²) in [6, 6.07) is 10.6. The first-order chi connectivity index (χ1) is 9.22. The zero-order valence-corrected chi connectivity index (χ0v) is 12.7. The molecule has 2 unspecified atom stereocenters. The van der Waals surface area contributed by atoms with Crippen LogP contribution in [0.1, 0.15) is 25.5 Å². The number of nitrogens with zero attached hydrogens (tertiary/aromatic N) is 1. The number of para-hydroxylation sites is 1. The number of piperidine rings is 1. The average Bonchev–Trinajstić information content (AvgIpc) is 2.81. The summed E-state index contributed by atoms with van der Waals surface area (Å²) in [7, 11) is 0. The van der Waals surface area contributed by atoms with Gasteiger partial charge in [0.15, 0.2) is 0 Å². The molecular formula is C16H23ClN2O. The number of fused-ring (bicyclic) bond motifs is 1. The Kier molecular flexibility index (Phi) is 5.08. The van der Waals surface area contributed by atoms with Gasteiger partial charge in [-0.2, -0.15) is 0 Å². The van der Waals surface area contributed by atoms with Gasteiger partial charge in [-0.25, -0.2) is 0 Å². The summed E-state index contributed by atoms with van der Waals surface area (Å²) < 4.78 is 5.89. The Morgan fingerprint density at radius 2 is 2.20 bits per heavy atom. The summed E-state index contributed by atoms with van der Waals surface area (Å²) in [4.78, 5) is 2.47. The van der Waals surface area contributed by atoms with Crippen molar-refractivity contribution in [3.8, 4) is 0 Å². The highest BCUT2D eigenvalue weighted by Gasteiger charge is 2.23. The van der Waals surface area contributed by atoms with E-state index in [1.165, 1.54) is 18.2 Å². The molecule has 0 saturated carbocycles. The number of furan rings is 1. The third-order valence-corrected chi connectivity index (χ3v) is 4.14. The summed E-state index contributed by atoms with van der Waals surface area (Å²) in [5.74, 6) is 1.68. The van der Waals surface area contributed by atoms with Crippen molar-refractivity contribution in [2.75, 3.05) is 13.1 Å². The monoisotopic (exact) mass is 294 g/mol. The van der Waals surface area contributed by atoms with Crippen LogP contribution < -0.4 is 5.73 Å². The summed E-state index contributed by atoms with van der Waals surface area (Å²) in [6.45, 7) is 5.27. The van der Waals surface area contributed by atoms with E-state index in [2.05, 4.69) is 30.0 Å². The van der Waals surface area contributed by atoms with E-state index >= 15 is 0 Å². The van der Waals surface area contributed by atoms with Gasteiger partial charge in [-0.3, -0.25) is 4.90 Å². The third-order valence-electron chi connectivity index (χ3n) is 4.14. The number of likely N-dealkylation sites (tertiary alicyclic amines) is 1. The van der Waals surface area contributed by atoms with Crippen LogP contribution in [0.15, 0.2) is 34.7 Å². The van der Waals surface area contributed by atoms with Gasteiger partial charge < -0.3 is 10.2 Å². The van der Waals surface area contributed by atoms with Crippen LogP contribution in [-0.4, -0.2) is 24.0 Å². The second-order valence-corrected chi connectivity index (χ2v) is 5.75. The molecule has 110 valence electrons. The van der Waals surface area contributed by atoms with Gasteiger partial charge in [-0.15, -0.1) is 12.4 Å². The lowest BCUT2D eigenvalue weighted by atomic mass is 9.92. The van der Waals surface area contributed by atoms with E-state index in [9.17, 15) is 0 Å². The van der Waals surface area contributed by atoms with E-state index in [1.54, 1.807) is 0 Å². The maximum atomic E-state index is 6.03. The molecule has 0 radical (unpaired) electrons. The van der Waals surface area contributed by atoms with Crippen molar-refractivity contribution in [2.24, 2.45) is 11.7 Å². The van der Waals surface area contributed by atoms with E-state index in [0.717, 1.165) is 31.0 Å². The molecule has 1 aromatic heterocycles. The highest BCUT2D eigenvalue weighted by molar-refractivity contribution is 5.85. The van der Waals surface area contributed by atoms with Crippen LogP contribution >= 0.6 is 12.4 Å². The standard InChI is InChI=1S/C16H22N2O.ClH/c1-12(17)14-6-4-8-18(10-14)11-15-9-13-5-2-3-7-16(13)19-15;/h2-3,5,7,9,12,14H,4,6,8,10-11,17H2,1H3;1H. The lowest BCUT2D eigenvalue weighted by molar-refractivity contribution is 0.146. The molecule has 3 rings (SSSR count). The molecule has 2 aromatic rings. The van der Waals surface area contributed by atoms with Crippen molar-refractivity contribution in [1.82, 2.24) is 4.90 Å². The van der Waals surface area contributed by atoms with Crippen molar-refractivity contribution < 1.29 is 4.42 Å². The quantitative estimate of drug-likeness (QED) is 0.943. The number of halogens is 1. The van der Waals surface area contributed by atoms with E-state index in [1.807, 2.05) is 12.1 Å². The Balaban J connectivity index is 0.00000147. The Morgan fingerprint density at radius 3 is 2.95 bits per heavy atom. The van der Waals surface area contributed by atoms with Crippen molar-refractivity contribution in [3.05, 3.63) is 36.1 Å². The Morgan fingerprint density at radius 1 is 1.40 bits per heavy atom. The molecule has 1 aliphatic rings. The highest BCUT2D eigenvalue weighted by Crippen LogP contribution is 2.23. The molecule has 3 nitrogen and oxygen atoms in total. The van der Waals surface area contributed by atoms with Crippen LogP contribution in [0.4, 0.5) is 0 Å². The zero-order chi connectivity index (χ0) is 13.2. The van der Waals surface area contributed by atoms with E-state index in [-0.39, 0.29) is 12.4 Å². The SMILES string of the molecule is CC(N)C1CCCN(Cc2cc3ccccc3o2)C1.Cl. The van der Waals surface area contributed by atoms with Gasteiger partial charge in [0.1, 0.15) is 11.3 Å². The molecule has 1 saturated heterocycles. The lowest BCUT2D eigenvalue weighted by Crippen LogP contribution is -2.41. The van der Waals surface area contributed by atoms with Crippen molar-refractivity contribution in [3.63, 3.8) is 0 Å². The number of nitrogens with two attached hydrogens (primary N) is 1. The van der Waals surface area contributed by atoms with Crippen molar-refractivity contribution in [1.29, 1.82) is 0 Å². The first-order valence-corrected chi connectivity index (χ1v) is 7.18. The minimum atomic E-state index is 0. The third kappa shape index (κ3) is 3.35. The largest absolute Gasteiger partial charge is 0.460 e. The Labute approximate surface area is 126 Å². The highest BCUT2D eigenvalue weighted by atomic mass is 35.5. The van der Waals surface area contributed by atoms with Crippen molar-refractivity contribution in [2.45, 2.75) is 32.4 Å². The second-order valence-electron chi connectivity index (χ2n) is 5.75. The average molecular weight is 295 g/mol. The molecule has 1 fully saturated rings. The first-order valence-electron chi connectivity index (χ1n) is 7.18. The summed E-state index contributed by atoms with van der Waals surface area (Å²) >= 11 is 0. The maximum absolute atomic E-state index is 6.03. The fourth-order valence-electron chi connectivity index (χ4n) is 3.00. The second kappa shape index (κ2) is 6.61. The lowest BCUT2D eigenvalue weighted by Gasteiger charge is -2.34. The zero-order valence-electron chi connectivity index (χ0n) is 11.9. The molecule has 1 aromatic carbocycles. The van der Waals surface area contributed by atoms with Crippen LogP contribution in [0.5, 0.6) is 0 Å². The van der Waals surface area contributed by atoms with Crippen LogP contribution in [0.2, 0.25) is 0 Å². The maximum Gasteiger partial charge on any atom is 0.134 e.